The highest BCUT2D eigenvalue weighted by Crippen LogP contribution is 2.26. The predicted octanol–water partition coefficient (Wildman–Crippen LogP) is 5.15. The van der Waals surface area contributed by atoms with Crippen LogP contribution >= 0.6 is 15.9 Å². The SMILES string of the molecule is CCC(C)c1ccc(C(N)c2ccc(F)c(Br)c2)cc1. The van der Waals surface area contributed by atoms with Gasteiger partial charge in [-0.15, -0.1) is 0 Å². The molecule has 0 saturated carbocycles. The number of nitrogens with two attached hydrogens (primary N) is 1. The molecule has 2 rings (SSSR count). The zero-order valence-corrected chi connectivity index (χ0v) is 13.3. The molecule has 0 fully saturated rings. The molecule has 106 valence electrons. The summed E-state index contributed by atoms with van der Waals surface area (Å²) in [5.74, 6) is 0.285. The highest BCUT2D eigenvalue weighted by atomic mass is 79.9. The molecule has 2 N–H and O–H groups in total. The molecular formula is C17H19BrFN. The van der Waals surface area contributed by atoms with Gasteiger partial charge in [-0.3, -0.25) is 0 Å². The van der Waals surface area contributed by atoms with Crippen molar-refractivity contribution in [3.05, 3.63) is 69.4 Å². The quantitative estimate of drug-likeness (QED) is 0.821. The Morgan fingerprint density at radius 3 is 2.15 bits per heavy atom. The minimum absolute atomic E-state index is 0.238. The molecule has 0 aliphatic heterocycles. The zero-order chi connectivity index (χ0) is 14.7. The summed E-state index contributed by atoms with van der Waals surface area (Å²) in [7, 11) is 0. The maximum atomic E-state index is 13.3. The number of benzene rings is 2. The topological polar surface area (TPSA) is 26.0 Å². The van der Waals surface area contributed by atoms with Crippen LogP contribution in [0.5, 0.6) is 0 Å². The van der Waals surface area contributed by atoms with Crippen LogP contribution in [-0.4, -0.2) is 0 Å². The summed E-state index contributed by atoms with van der Waals surface area (Å²) in [6, 6.07) is 13.0. The fourth-order valence-electron chi connectivity index (χ4n) is 2.17. The van der Waals surface area contributed by atoms with Crippen LogP contribution in [0.4, 0.5) is 4.39 Å². The number of hydrogen-bond donors (Lipinski definition) is 1. The molecule has 0 aliphatic carbocycles. The van der Waals surface area contributed by atoms with Gasteiger partial charge in [0, 0.05) is 0 Å². The van der Waals surface area contributed by atoms with Gasteiger partial charge in [-0.1, -0.05) is 44.2 Å². The monoisotopic (exact) mass is 335 g/mol. The lowest BCUT2D eigenvalue weighted by molar-refractivity contribution is 0.619. The second-order valence-corrected chi connectivity index (χ2v) is 5.98. The van der Waals surface area contributed by atoms with E-state index in [4.69, 9.17) is 5.73 Å². The largest absolute Gasteiger partial charge is 0.320 e. The predicted molar refractivity (Wildman–Crippen MR) is 85.3 cm³/mol. The molecule has 20 heavy (non-hydrogen) atoms. The molecular weight excluding hydrogens is 317 g/mol. The van der Waals surface area contributed by atoms with E-state index in [0.717, 1.165) is 17.5 Å². The molecule has 0 radical (unpaired) electrons. The summed E-state index contributed by atoms with van der Waals surface area (Å²) in [5, 5.41) is 0. The van der Waals surface area contributed by atoms with Gasteiger partial charge in [-0.25, -0.2) is 4.39 Å². The van der Waals surface area contributed by atoms with Gasteiger partial charge in [0.1, 0.15) is 5.82 Å². The van der Waals surface area contributed by atoms with Crippen LogP contribution in [0, 0.1) is 5.82 Å². The zero-order valence-electron chi connectivity index (χ0n) is 11.7. The summed E-state index contributed by atoms with van der Waals surface area (Å²) < 4.78 is 13.7. The van der Waals surface area contributed by atoms with Gasteiger partial charge < -0.3 is 5.73 Å². The molecule has 2 unspecified atom stereocenters. The van der Waals surface area contributed by atoms with Crippen LogP contribution in [0.1, 0.15) is 48.9 Å². The van der Waals surface area contributed by atoms with E-state index in [1.807, 2.05) is 0 Å². The van der Waals surface area contributed by atoms with Crippen molar-refractivity contribution in [2.24, 2.45) is 5.73 Å². The Morgan fingerprint density at radius 2 is 1.60 bits per heavy atom. The molecule has 0 amide bonds. The van der Waals surface area contributed by atoms with Crippen molar-refractivity contribution in [2.75, 3.05) is 0 Å². The molecule has 0 spiro atoms. The molecule has 2 atom stereocenters. The van der Waals surface area contributed by atoms with Crippen LogP contribution in [0.2, 0.25) is 0 Å². The van der Waals surface area contributed by atoms with E-state index in [1.54, 1.807) is 12.1 Å². The summed E-state index contributed by atoms with van der Waals surface area (Å²) in [5.41, 5.74) is 9.51. The van der Waals surface area contributed by atoms with Gasteiger partial charge in [-0.05, 0) is 57.1 Å². The lowest BCUT2D eigenvalue weighted by atomic mass is 9.94. The molecule has 0 aliphatic rings. The Labute approximate surface area is 128 Å². The molecule has 1 nitrogen and oxygen atoms in total. The minimum Gasteiger partial charge on any atom is -0.320 e. The van der Waals surface area contributed by atoms with Crippen molar-refractivity contribution in [1.29, 1.82) is 0 Å². The van der Waals surface area contributed by atoms with Gasteiger partial charge in [-0.2, -0.15) is 0 Å². The average Bonchev–Trinajstić information content (AvgIpc) is 2.48. The van der Waals surface area contributed by atoms with Gasteiger partial charge in [0.2, 0.25) is 0 Å². The van der Waals surface area contributed by atoms with Crippen LogP contribution in [0.25, 0.3) is 0 Å². The molecule has 2 aromatic carbocycles. The maximum Gasteiger partial charge on any atom is 0.137 e. The van der Waals surface area contributed by atoms with Crippen LogP contribution < -0.4 is 5.73 Å². The van der Waals surface area contributed by atoms with Gasteiger partial charge in [0.15, 0.2) is 0 Å². The van der Waals surface area contributed by atoms with Gasteiger partial charge in [0.25, 0.3) is 0 Å². The Hall–Kier alpha value is -1.19. The third-order valence-corrected chi connectivity index (χ3v) is 4.39. The lowest BCUT2D eigenvalue weighted by Crippen LogP contribution is -2.12. The molecule has 2 aromatic rings. The summed E-state index contributed by atoms with van der Waals surface area (Å²) >= 11 is 3.20. The van der Waals surface area contributed by atoms with Gasteiger partial charge >= 0.3 is 0 Å². The van der Waals surface area contributed by atoms with Crippen molar-refractivity contribution in [3.8, 4) is 0 Å². The highest BCUT2D eigenvalue weighted by molar-refractivity contribution is 9.10. The Bertz CT molecular complexity index is 580. The van der Waals surface area contributed by atoms with Crippen molar-refractivity contribution >= 4 is 15.9 Å². The lowest BCUT2D eigenvalue weighted by Gasteiger charge is -2.15. The first-order chi connectivity index (χ1) is 9.52. The number of halogens is 2. The van der Waals surface area contributed by atoms with E-state index >= 15 is 0 Å². The Kier molecular flexibility index (Phi) is 4.95. The van der Waals surface area contributed by atoms with Gasteiger partial charge in [0.05, 0.1) is 10.5 Å². The fourth-order valence-corrected chi connectivity index (χ4v) is 2.56. The minimum atomic E-state index is -0.270. The number of hydrogen-bond acceptors (Lipinski definition) is 1. The van der Waals surface area contributed by atoms with Crippen molar-refractivity contribution in [3.63, 3.8) is 0 Å². The van der Waals surface area contributed by atoms with E-state index in [1.165, 1.54) is 11.6 Å². The van der Waals surface area contributed by atoms with E-state index < -0.39 is 0 Å². The molecule has 0 bridgehead atoms. The molecule has 0 aromatic heterocycles. The fraction of sp³-hybridized carbons (Fsp3) is 0.294. The van der Waals surface area contributed by atoms with Crippen molar-refractivity contribution in [2.45, 2.75) is 32.2 Å². The Balaban J connectivity index is 2.24. The van der Waals surface area contributed by atoms with E-state index in [2.05, 4.69) is 54.0 Å². The maximum absolute atomic E-state index is 13.3. The van der Waals surface area contributed by atoms with E-state index in [9.17, 15) is 4.39 Å². The summed E-state index contributed by atoms with van der Waals surface area (Å²) in [6.07, 6.45) is 1.12. The van der Waals surface area contributed by atoms with Crippen molar-refractivity contribution < 1.29 is 4.39 Å². The van der Waals surface area contributed by atoms with Crippen LogP contribution in [0.15, 0.2) is 46.9 Å². The number of rotatable bonds is 4. The third kappa shape index (κ3) is 3.28. The normalized spacial score (nSPS) is 14.1. The summed E-state index contributed by atoms with van der Waals surface area (Å²) in [6.45, 7) is 4.40. The second kappa shape index (κ2) is 6.51. The Morgan fingerprint density at radius 1 is 1.05 bits per heavy atom. The van der Waals surface area contributed by atoms with E-state index in [-0.39, 0.29) is 11.9 Å². The molecule has 0 heterocycles. The smallest absolute Gasteiger partial charge is 0.137 e. The first-order valence-corrected chi connectivity index (χ1v) is 7.62. The molecule has 0 saturated heterocycles. The standard InChI is InChI=1S/C17H19BrFN/c1-3-11(2)12-4-6-13(7-5-12)17(20)14-8-9-16(19)15(18)10-14/h4-11,17H,3,20H2,1-2H3. The first-order valence-electron chi connectivity index (χ1n) is 6.83. The summed E-state index contributed by atoms with van der Waals surface area (Å²) in [4.78, 5) is 0. The highest BCUT2D eigenvalue weighted by Gasteiger charge is 2.11. The van der Waals surface area contributed by atoms with E-state index in [0.29, 0.717) is 10.4 Å². The first kappa shape index (κ1) is 15.2. The van der Waals surface area contributed by atoms with Crippen LogP contribution in [0.3, 0.4) is 0 Å². The molecule has 3 heteroatoms. The van der Waals surface area contributed by atoms with Crippen molar-refractivity contribution in [1.82, 2.24) is 0 Å². The third-order valence-electron chi connectivity index (χ3n) is 3.78. The van der Waals surface area contributed by atoms with Crippen LogP contribution in [-0.2, 0) is 0 Å². The second-order valence-electron chi connectivity index (χ2n) is 5.13. The average molecular weight is 336 g/mol.